The van der Waals surface area contributed by atoms with Gasteiger partial charge in [-0.25, -0.2) is 5.84 Å². The summed E-state index contributed by atoms with van der Waals surface area (Å²) in [4.78, 5) is 11.4. The number of nitrogens with one attached hydrogen (secondary N) is 1. The summed E-state index contributed by atoms with van der Waals surface area (Å²) in [5.74, 6) is 5.66. The molecule has 1 aliphatic carbocycles. The van der Waals surface area contributed by atoms with E-state index in [1.54, 1.807) is 12.1 Å². The summed E-state index contributed by atoms with van der Waals surface area (Å²) in [6.07, 6.45) is 5.16. The van der Waals surface area contributed by atoms with Crippen LogP contribution in [0.4, 0.5) is 0 Å². The first-order valence-corrected chi connectivity index (χ1v) is 7.80. The number of nitrogen functional groups attached to an aromatic ring is 1. The van der Waals surface area contributed by atoms with Crippen LogP contribution in [0.15, 0.2) is 22.7 Å². The van der Waals surface area contributed by atoms with E-state index in [0.29, 0.717) is 18.3 Å². The van der Waals surface area contributed by atoms with Gasteiger partial charge >= 0.3 is 0 Å². The molecule has 0 aliphatic heterocycles. The highest BCUT2D eigenvalue weighted by atomic mass is 79.9. The highest BCUT2D eigenvalue weighted by molar-refractivity contribution is 9.10. The fourth-order valence-corrected chi connectivity index (χ4v) is 2.99. The molecule has 110 valence electrons. The highest BCUT2D eigenvalue weighted by Crippen LogP contribution is 2.27. The van der Waals surface area contributed by atoms with Crippen LogP contribution < -0.4 is 11.3 Å². The van der Waals surface area contributed by atoms with Gasteiger partial charge in [0, 0.05) is 10.0 Å². The Morgan fingerprint density at radius 2 is 2.10 bits per heavy atom. The maximum atomic E-state index is 11.4. The molecule has 1 aliphatic rings. The first-order valence-electron chi connectivity index (χ1n) is 7.01. The van der Waals surface area contributed by atoms with Crippen LogP contribution in [0, 0.1) is 5.92 Å². The molecule has 1 amide bonds. The van der Waals surface area contributed by atoms with Crippen LogP contribution in [0.25, 0.3) is 0 Å². The molecule has 0 unspecified atom stereocenters. The van der Waals surface area contributed by atoms with Crippen molar-refractivity contribution in [3.05, 3.63) is 33.8 Å². The van der Waals surface area contributed by atoms with Crippen LogP contribution in [-0.4, -0.2) is 12.0 Å². The van der Waals surface area contributed by atoms with E-state index in [0.717, 1.165) is 28.8 Å². The normalized spacial score (nSPS) is 22.6. The van der Waals surface area contributed by atoms with Crippen LogP contribution in [-0.2, 0) is 11.3 Å². The summed E-state index contributed by atoms with van der Waals surface area (Å²) < 4.78 is 6.85. The van der Waals surface area contributed by atoms with Crippen molar-refractivity contribution < 1.29 is 9.53 Å². The number of benzene rings is 1. The summed E-state index contributed by atoms with van der Waals surface area (Å²) >= 11 is 3.48. The Balaban J connectivity index is 1.91. The van der Waals surface area contributed by atoms with Gasteiger partial charge < -0.3 is 4.74 Å². The van der Waals surface area contributed by atoms with E-state index in [2.05, 4.69) is 28.3 Å². The second-order valence-corrected chi connectivity index (χ2v) is 6.33. The minimum absolute atomic E-state index is 0.292. The molecule has 0 spiro atoms. The van der Waals surface area contributed by atoms with Gasteiger partial charge in [0.2, 0.25) is 0 Å². The summed E-state index contributed by atoms with van der Waals surface area (Å²) in [5.41, 5.74) is 3.71. The highest BCUT2D eigenvalue weighted by Gasteiger charge is 2.19. The Bertz CT molecular complexity index is 471. The number of carbonyl (C=O) groups is 1. The second kappa shape index (κ2) is 7.20. The van der Waals surface area contributed by atoms with E-state index >= 15 is 0 Å². The molecule has 0 atom stereocenters. The summed E-state index contributed by atoms with van der Waals surface area (Å²) in [5, 5.41) is 0. The molecule has 0 heterocycles. The topological polar surface area (TPSA) is 64.3 Å². The third-order valence-electron chi connectivity index (χ3n) is 3.88. The number of amides is 1. The van der Waals surface area contributed by atoms with Crippen molar-refractivity contribution in [2.24, 2.45) is 11.8 Å². The Hall–Kier alpha value is -0.910. The van der Waals surface area contributed by atoms with Crippen LogP contribution in [0.1, 0.15) is 48.5 Å². The molecule has 0 saturated heterocycles. The van der Waals surface area contributed by atoms with E-state index in [1.807, 2.05) is 6.07 Å². The molecule has 5 heteroatoms. The van der Waals surface area contributed by atoms with Gasteiger partial charge in [-0.15, -0.1) is 0 Å². The molecule has 0 bridgehead atoms. The number of hydrogen-bond acceptors (Lipinski definition) is 3. The van der Waals surface area contributed by atoms with Gasteiger partial charge in [-0.05, 0) is 49.3 Å². The Kier molecular flexibility index (Phi) is 5.57. The molecule has 20 heavy (non-hydrogen) atoms. The molecule has 1 fully saturated rings. The summed E-state index contributed by atoms with van der Waals surface area (Å²) in [7, 11) is 0. The fourth-order valence-electron chi connectivity index (χ4n) is 2.49. The lowest BCUT2D eigenvalue weighted by Crippen LogP contribution is -2.30. The molecule has 0 radical (unpaired) electrons. The van der Waals surface area contributed by atoms with Gasteiger partial charge in [-0.2, -0.15) is 0 Å². The lowest BCUT2D eigenvalue weighted by molar-refractivity contribution is 0.00852. The van der Waals surface area contributed by atoms with Crippen LogP contribution in [0.2, 0.25) is 0 Å². The van der Waals surface area contributed by atoms with Crippen LogP contribution >= 0.6 is 15.9 Å². The number of rotatable bonds is 4. The molecular formula is C15H21BrN2O2. The van der Waals surface area contributed by atoms with Gasteiger partial charge in [0.15, 0.2) is 0 Å². The van der Waals surface area contributed by atoms with Gasteiger partial charge in [0.25, 0.3) is 5.91 Å². The monoisotopic (exact) mass is 340 g/mol. The van der Waals surface area contributed by atoms with Crippen molar-refractivity contribution in [2.45, 2.75) is 45.3 Å². The largest absolute Gasteiger partial charge is 0.374 e. The Labute approximate surface area is 128 Å². The minimum Gasteiger partial charge on any atom is -0.374 e. The van der Waals surface area contributed by atoms with E-state index in [9.17, 15) is 4.79 Å². The van der Waals surface area contributed by atoms with Crippen molar-refractivity contribution in [3.63, 3.8) is 0 Å². The van der Waals surface area contributed by atoms with Crippen molar-refractivity contribution in [3.8, 4) is 0 Å². The maximum Gasteiger partial charge on any atom is 0.265 e. The molecule has 2 rings (SSSR count). The van der Waals surface area contributed by atoms with Crippen LogP contribution in [0.5, 0.6) is 0 Å². The first kappa shape index (κ1) is 15.5. The number of hydrogen-bond donors (Lipinski definition) is 2. The van der Waals surface area contributed by atoms with E-state index in [4.69, 9.17) is 10.6 Å². The SMILES string of the molecule is CC1CCC(OCc2ccc(C(=O)NN)cc2Br)CC1. The molecule has 4 nitrogen and oxygen atoms in total. The lowest BCUT2D eigenvalue weighted by atomic mass is 9.89. The predicted molar refractivity (Wildman–Crippen MR) is 82.0 cm³/mol. The van der Waals surface area contributed by atoms with Crippen molar-refractivity contribution >= 4 is 21.8 Å². The van der Waals surface area contributed by atoms with Crippen molar-refractivity contribution in [1.29, 1.82) is 0 Å². The third kappa shape index (κ3) is 4.04. The summed E-state index contributed by atoms with van der Waals surface area (Å²) in [6, 6.07) is 5.43. The first-order chi connectivity index (χ1) is 9.60. The molecule has 1 aromatic carbocycles. The fraction of sp³-hybridized carbons (Fsp3) is 0.533. The number of ether oxygens (including phenoxy) is 1. The molecule has 1 saturated carbocycles. The number of hydrazine groups is 1. The van der Waals surface area contributed by atoms with E-state index in [1.165, 1.54) is 12.8 Å². The van der Waals surface area contributed by atoms with Gasteiger partial charge in [-0.3, -0.25) is 10.2 Å². The lowest BCUT2D eigenvalue weighted by Gasteiger charge is -2.26. The maximum absolute atomic E-state index is 11.4. The van der Waals surface area contributed by atoms with Gasteiger partial charge in [0.05, 0.1) is 12.7 Å². The standard InChI is InChI=1S/C15H21BrN2O2/c1-10-2-6-13(7-3-10)20-9-12-5-4-11(8-14(12)16)15(19)18-17/h4-5,8,10,13H,2-3,6-7,9,17H2,1H3,(H,18,19). The Morgan fingerprint density at radius 1 is 1.40 bits per heavy atom. The number of halogens is 1. The molecule has 3 N–H and O–H groups in total. The zero-order valence-electron chi connectivity index (χ0n) is 11.7. The third-order valence-corrected chi connectivity index (χ3v) is 4.62. The molecule has 1 aromatic rings. The smallest absolute Gasteiger partial charge is 0.265 e. The predicted octanol–water partition coefficient (Wildman–Crippen LogP) is 3.15. The second-order valence-electron chi connectivity index (χ2n) is 5.47. The zero-order valence-corrected chi connectivity index (χ0v) is 13.3. The van der Waals surface area contributed by atoms with E-state index in [-0.39, 0.29) is 5.91 Å². The number of nitrogens with two attached hydrogens (primary N) is 1. The minimum atomic E-state index is -0.292. The Morgan fingerprint density at radius 3 is 2.70 bits per heavy atom. The zero-order chi connectivity index (χ0) is 14.5. The number of carbonyl (C=O) groups excluding carboxylic acids is 1. The average molecular weight is 341 g/mol. The van der Waals surface area contributed by atoms with Crippen LogP contribution in [0.3, 0.4) is 0 Å². The van der Waals surface area contributed by atoms with E-state index < -0.39 is 0 Å². The van der Waals surface area contributed by atoms with Gasteiger partial charge in [-0.1, -0.05) is 28.9 Å². The quantitative estimate of drug-likeness (QED) is 0.502. The van der Waals surface area contributed by atoms with Crippen molar-refractivity contribution in [2.75, 3.05) is 0 Å². The van der Waals surface area contributed by atoms with Crippen molar-refractivity contribution in [1.82, 2.24) is 5.43 Å². The summed E-state index contributed by atoms with van der Waals surface area (Å²) in [6.45, 7) is 2.87. The average Bonchev–Trinajstić information content (AvgIpc) is 2.46. The van der Waals surface area contributed by atoms with Gasteiger partial charge in [0.1, 0.15) is 0 Å². The molecule has 0 aromatic heterocycles. The molecular weight excluding hydrogens is 320 g/mol.